The van der Waals surface area contributed by atoms with Gasteiger partial charge in [0.1, 0.15) is 0 Å². The summed E-state index contributed by atoms with van der Waals surface area (Å²) in [6.07, 6.45) is 2.74. The van der Waals surface area contributed by atoms with Crippen LogP contribution in [-0.2, 0) is 16.0 Å². The minimum atomic E-state index is -0.871. The van der Waals surface area contributed by atoms with Crippen molar-refractivity contribution in [2.45, 2.75) is 53.4 Å². The van der Waals surface area contributed by atoms with Crippen molar-refractivity contribution < 1.29 is 19.8 Å². The molecular formula is C30H32Cl2N4O4. The average Bonchev–Trinajstić information content (AvgIpc) is 3.53. The van der Waals surface area contributed by atoms with E-state index in [1.54, 1.807) is 0 Å². The van der Waals surface area contributed by atoms with E-state index in [9.17, 15) is 19.8 Å². The number of rotatable bonds is 6. The second kappa shape index (κ2) is 12.1. The fourth-order valence-corrected chi connectivity index (χ4v) is 5.11. The summed E-state index contributed by atoms with van der Waals surface area (Å²) < 4.78 is 0. The van der Waals surface area contributed by atoms with Crippen molar-refractivity contribution in [3.8, 4) is 0 Å². The van der Waals surface area contributed by atoms with Crippen LogP contribution >= 0.6 is 24.8 Å². The van der Waals surface area contributed by atoms with Crippen molar-refractivity contribution in [1.82, 2.24) is 19.9 Å². The van der Waals surface area contributed by atoms with Crippen molar-refractivity contribution in [2.75, 3.05) is 0 Å². The Bertz CT molecular complexity index is 1730. The van der Waals surface area contributed by atoms with Gasteiger partial charge in [0.2, 0.25) is 0 Å². The normalized spacial score (nSPS) is 12.4. The highest BCUT2D eigenvalue weighted by atomic mass is 35.5. The highest BCUT2D eigenvalue weighted by Gasteiger charge is 2.20. The van der Waals surface area contributed by atoms with E-state index >= 15 is 0 Å². The molecule has 2 aliphatic heterocycles. The summed E-state index contributed by atoms with van der Waals surface area (Å²) in [5.74, 6) is -1.73. The number of carboxylic acid groups (broad SMARTS) is 2. The van der Waals surface area contributed by atoms with E-state index in [0.717, 1.165) is 72.6 Å². The van der Waals surface area contributed by atoms with Gasteiger partial charge in [-0.15, -0.1) is 24.8 Å². The van der Waals surface area contributed by atoms with Gasteiger partial charge in [-0.25, -0.2) is 9.97 Å². The number of fused-ring (bicyclic) bond motifs is 8. The molecule has 0 saturated heterocycles. The third-order valence-electron chi connectivity index (χ3n) is 7.26. The highest BCUT2D eigenvalue weighted by molar-refractivity contribution is 5.94. The maximum absolute atomic E-state index is 11.4. The molecule has 210 valence electrons. The Kier molecular flexibility index (Phi) is 9.28. The first kappa shape index (κ1) is 30.7. The number of aliphatic carboxylic acids is 2. The minimum Gasteiger partial charge on any atom is -0.481 e. The van der Waals surface area contributed by atoms with Crippen LogP contribution in [0.2, 0.25) is 0 Å². The first-order valence-electron chi connectivity index (χ1n) is 12.6. The summed E-state index contributed by atoms with van der Waals surface area (Å²) in [5, 5.41) is 18.7. The zero-order valence-electron chi connectivity index (χ0n) is 22.7. The molecular weight excluding hydrogens is 551 g/mol. The lowest BCUT2D eigenvalue weighted by atomic mass is 10.0. The lowest BCUT2D eigenvalue weighted by Crippen LogP contribution is -1.98. The number of hydrogen-bond acceptors (Lipinski definition) is 4. The van der Waals surface area contributed by atoms with Crippen molar-refractivity contribution in [3.05, 3.63) is 69.8 Å². The number of aryl methyl sites for hydroxylation is 3. The average molecular weight is 584 g/mol. The Balaban J connectivity index is 0.00000220. The van der Waals surface area contributed by atoms with E-state index in [2.05, 4.69) is 16.0 Å². The largest absolute Gasteiger partial charge is 0.481 e. The molecule has 8 nitrogen and oxygen atoms in total. The van der Waals surface area contributed by atoms with E-state index in [1.807, 2.05) is 58.0 Å². The zero-order chi connectivity index (χ0) is 27.1. The molecule has 3 aromatic rings. The quantitative estimate of drug-likeness (QED) is 0.244. The van der Waals surface area contributed by atoms with Gasteiger partial charge < -0.3 is 20.2 Å². The number of aromatic nitrogens is 4. The molecule has 3 aromatic heterocycles. The fourth-order valence-electron chi connectivity index (χ4n) is 5.11. The van der Waals surface area contributed by atoms with Crippen LogP contribution < -0.4 is 0 Å². The van der Waals surface area contributed by atoms with E-state index < -0.39 is 11.9 Å². The first-order chi connectivity index (χ1) is 18.1. The van der Waals surface area contributed by atoms with Crippen molar-refractivity contribution >= 4 is 81.6 Å². The predicted molar refractivity (Wildman–Crippen MR) is 164 cm³/mol. The molecule has 0 unspecified atom stereocenters. The number of aromatic amines is 2. The Morgan fingerprint density at radius 3 is 2.15 bits per heavy atom. The van der Waals surface area contributed by atoms with Crippen molar-refractivity contribution in [2.24, 2.45) is 0 Å². The van der Waals surface area contributed by atoms with Crippen LogP contribution in [0.3, 0.4) is 0 Å². The molecule has 0 atom stereocenters. The van der Waals surface area contributed by atoms with Crippen LogP contribution in [0.15, 0.2) is 30.3 Å². The number of halogens is 2. The van der Waals surface area contributed by atoms with Crippen LogP contribution in [0.1, 0.15) is 72.6 Å². The lowest BCUT2D eigenvalue weighted by molar-refractivity contribution is -0.137. The number of carbonyl (C=O) groups is 2. The second-order valence-corrected chi connectivity index (χ2v) is 9.98. The zero-order valence-corrected chi connectivity index (χ0v) is 24.3. The third-order valence-corrected chi connectivity index (χ3v) is 7.26. The summed E-state index contributed by atoms with van der Waals surface area (Å²) in [5.41, 5.74) is 12.4. The molecule has 8 bridgehead atoms. The molecule has 0 radical (unpaired) electrons. The van der Waals surface area contributed by atoms with Crippen LogP contribution in [0.5, 0.6) is 0 Å². The van der Waals surface area contributed by atoms with E-state index in [0.29, 0.717) is 18.5 Å². The fraction of sp³-hybridized carbons (Fsp3) is 0.267. The van der Waals surface area contributed by atoms with Crippen LogP contribution in [0.4, 0.5) is 0 Å². The molecule has 40 heavy (non-hydrogen) atoms. The predicted octanol–water partition coefficient (Wildman–Crippen LogP) is 7.15. The summed E-state index contributed by atoms with van der Waals surface area (Å²) in [6, 6.07) is 10.00. The van der Waals surface area contributed by atoms with Gasteiger partial charge >= 0.3 is 11.9 Å². The number of H-pyrrole nitrogens is 2. The van der Waals surface area contributed by atoms with Crippen LogP contribution in [0.25, 0.3) is 44.9 Å². The standard InChI is InChI=1S/C30H30N4O4.2ClH/c1-15-9-20-12-25-17(3)21(5-7-29(35)36)27(33-25)14-28-22(6-8-30(37)38)18(4)26(34-28)13-24-16(2)10-19(32-24)11-23(15)31-20;;/h9-14,31,33H,5-8H2,1-4H3,(H,35,36)(H,37,38);2*1H. The SMILES string of the molecule is CC1=Cc2cc3[nH]c(cc3C)cc3[nH]c(cc4nc(cc1n2)C(C)=C4CCC(=O)O)c(CCC(=O)O)c3C.Cl.Cl. The van der Waals surface area contributed by atoms with Gasteiger partial charge in [-0.05, 0) is 110 Å². The van der Waals surface area contributed by atoms with E-state index in [4.69, 9.17) is 9.97 Å². The van der Waals surface area contributed by atoms with Crippen molar-refractivity contribution in [3.63, 3.8) is 0 Å². The molecule has 0 amide bonds. The summed E-state index contributed by atoms with van der Waals surface area (Å²) in [7, 11) is 0. The molecule has 0 aromatic carbocycles. The molecule has 5 heterocycles. The van der Waals surface area contributed by atoms with Gasteiger partial charge in [-0.1, -0.05) is 0 Å². The van der Waals surface area contributed by atoms with Crippen molar-refractivity contribution in [1.29, 1.82) is 0 Å². The molecule has 5 rings (SSSR count). The maximum atomic E-state index is 11.4. The Morgan fingerprint density at radius 1 is 0.750 bits per heavy atom. The second-order valence-electron chi connectivity index (χ2n) is 9.98. The molecule has 0 fully saturated rings. The Labute approximate surface area is 244 Å². The summed E-state index contributed by atoms with van der Waals surface area (Å²) >= 11 is 0. The monoisotopic (exact) mass is 582 g/mol. The molecule has 0 spiro atoms. The molecule has 2 aliphatic rings. The molecule has 0 saturated carbocycles. The maximum Gasteiger partial charge on any atom is 0.303 e. The summed E-state index contributed by atoms with van der Waals surface area (Å²) in [6.45, 7) is 8.01. The number of hydrogen-bond donors (Lipinski definition) is 4. The van der Waals surface area contributed by atoms with Gasteiger partial charge in [0.05, 0.1) is 22.8 Å². The van der Waals surface area contributed by atoms with Gasteiger partial charge in [0, 0.05) is 34.9 Å². The number of nitrogens with zero attached hydrogens (tertiary/aromatic N) is 2. The van der Waals surface area contributed by atoms with Crippen LogP contribution in [-0.4, -0.2) is 42.1 Å². The van der Waals surface area contributed by atoms with E-state index in [1.165, 1.54) is 0 Å². The molecule has 4 N–H and O–H groups in total. The number of carboxylic acids is 2. The Hall–Kier alpha value is -3.88. The highest BCUT2D eigenvalue weighted by Crippen LogP contribution is 2.35. The first-order valence-corrected chi connectivity index (χ1v) is 12.6. The van der Waals surface area contributed by atoms with Gasteiger partial charge in [0.15, 0.2) is 0 Å². The lowest BCUT2D eigenvalue weighted by Gasteiger charge is -2.03. The number of allylic oxidation sites excluding steroid dienone is 3. The molecule has 10 heteroatoms. The van der Waals surface area contributed by atoms with Gasteiger partial charge in [0.25, 0.3) is 0 Å². The number of nitrogens with one attached hydrogen (secondary N) is 2. The van der Waals surface area contributed by atoms with Gasteiger partial charge in [-0.3, -0.25) is 9.59 Å². The Morgan fingerprint density at radius 2 is 1.45 bits per heavy atom. The minimum absolute atomic E-state index is 0. The van der Waals surface area contributed by atoms with E-state index in [-0.39, 0.29) is 37.7 Å². The summed E-state index contributed by atoms with van der Waals surface area (Å²) in [4.78, 5) is 39.5. The smallest absolute Gasteiger partial charge is 0.303 e. The van der Waals surface area contributed by atoms with Gasteiger partial charge in [-0.2, -0.15) is 0 Å². The third kappa shape index (κ3) is 6.13. The topological polar surface area (TPSA) is 132 Å². The molecule has 0 aliphatic carbocycles. The van der Waals surface area contributed by atoms with Crippen LogP contribution in [0, 0.1) is 13.8 Å².